The molecule has 1 unspecified atom stereocenters. The zero-order chi connectivity index (χ0) is 12.4. The summed E-state index contributed by atoms with van der Waals surface area (Å²) >= 11 is 6.13. The van der Waals surface area contributed by atoms with Crippen molar-refractivity contribution in [1.82, 2.24) is 0 Å². The van der Waals surface area contributed by atoms with Crippen LogP contribution in [0.5, 0.6) is 11.5 Å². The van der Waals surface area contributed by atoms with E-state index < -0.39 is 6.10 Å². The predicted octanol–water partition coefficient (Wildman–Crippen LogP) is 1.88. The van der Waals surface area contributed by atoms with Gasteiger partial charge in [0.15, 0.2) is 11.5 Å². The number of halogens is 1. The number of ether oxygens (including phenoxy) is 2. The molecule has 1 aromatic carbocycles. The van der Waals surface area contributed by atoms with Crippen molar-refractivity contribution < 1.29 is 14.6 Å². The second kappa shape index (κ2) is 5.12. The van der Waals surface area contributed by atoms with Crippen LogP contribution in [0.2, 0.25) is 5.02 Å². The summed E-state index contributed by atoms with van der Waals surface area (Å²) in [4.78, 5) is 0. The van der Waals surface area contributed by atoms with Crippen molar-refractivity contribution in [3.63, 3.8) is 0 Å². The Hall–Kier alpha value is -0.970. The zero-order valence-electron chi connectivity index (χ0n) is 9.65. The number of methoxy groups -OCH3 is 1. The van der Waals surface area contributed by atoms with E-state index in [-0.39, 0.29) is 12.6 Å². The quantitative estimate of drug-likeness (QED) is 0.845. The molecule has 3 N–H and O–H groups in total. The molecule has 1 saturated carbocycles. The summed E-state index contributed by atoms with van der Waals surface area (Å²) in [6.45, 7) is 0.141. The lowest BCUT2D eigenvalue weighted by Crippen LogP contribution is -2.12. The zero-order valence-corrected chi connectivity index (χ0v) is 10.4. The second-order valence-electron chi connectivity index (χ2n) is 4.10. The van der Waals surface area contributed by atoms with Gasteiger partial charge in [-0.1, -0.05) is 11.6 Å². The van der Waals surface area contributed by atoms with E-state index in [1.165, 1.54) is 0 Å². The van der Waals surface area contributed by atoms with E-state index >= 15 is 0 Å². The Kier molecular flexibility index (Phi) is 3.76. The van der Waals surface area contributed by atoms with E-state index in [4.69, 9.17) is 26.8 Å². The van der Waals surface area contributed by atoms with Gasteiger partial charge < -0.3 is 20.3 Å². The fraction of sp³-hybridized carbons (Fsp3) is 0.500. The SMILES string of the molecule is COc1cc(C(O)CN)cc(Cl)c1OC1CC1. The van der Waals surface area contributed by atoms with Gasteiger partial charge in [-0.2, -0.15) is 0 Å². The van der Waals surface area contributed by atoms with Crippen molar-refractivity contribution in [3.05, 3.63) is 22.7 Å². The maximum atomic E-state index is 9.68. The molecule has 0 spiro atoms. The lowest BCUT2D eigenvalue weighted by atomic mass is 10.1. The minimum absolute atomic E-state index is 0.141. The molecule has 17 heavy (non-hydrogen) atoms. The van der Waals surface area contributed by atoms with Gasteiger partial charge in [-0.25, -0.2) is 0 Å². The molecule has 0 saturated heterocycles. The highest BCUT2D eigenvalue weighted by Gasteiger charge is 2.26. The molecule has 0 heterocycles. The first-order valence-electron chi connectivity index (χ1n) is 5.58. The molecule has 1 aliphatic rings. The Morgan fingerprint density at radius 3 is 2.76 bits per heavy atom. The molecule has 1 aliphatic carbocycles. The third-order valence-corrected chi connectivity index (χ3v) is 2.95. The molecular formula is C12H16ClNO3. The highest BCUT2D eigenvalue weighted by molar-refractivity contribution is 6.32. The smallest absolute Gasteiger partial charge is 0.180 e. The summed E-state index contributed by atoms with van der Waals surface area (Å²) in [5.74, 6) is 1.08. The summed E-state index contributed by atoms with van der Waals surface area (Å²) in [5, 5.41) is 10.1. The van der Waals surface area contributed by atoms with Crippen LogP contribution in [0.4, 0.5) is 0 Å². The number of rotatable bonds is 5. The van der Waals surface area contributed by atoms with Gasteiger partial charge in [-0.15, -0.1) is 0 Å². The molecule has 0 aromatic heterocycles. The Morgan fingerprint density at radius 1 is 1.53 bits per heavy atom. The van der Waals surface area contributed by atoms with Gasteiger partial charge >= 0.3 is 0 Å². The average molecular weight is 258 g/mol. The van der Waals surface area contributed by atoms with E-state index in [0.717, 1.165) is 12.8 Å². The number of benzene rings is 1. The Balaban J connectivity index is 2.31. The van der Waals surface area contributed by atoms with E-state index in [9.17, 15) is 5.11 Å². The molecule has 0 radical (unpaired) electrons. The molecule has 1 fully saturated rings. The summed E-state index contributed by atoms with van der Waals surface area (Å²) in [5.41, 5.74) is 6.05. The summed E-state index contributed by atoms with van der Waals surface area (Å²) in [6, 6.07) is 3.38. The van der Waals surface area contributed by atoms with Crippen molar-refractivity contribution in [1.29, 1.82) is 0 Å². The highest BCUT2D eigenvalue weighted by atomic mass is 35.5. The Morgan fingerprint density at radius 2 is 2.24 bits per heavy atom. The lowest BCUT2D eigenvalue weighted by Gasteiger charge is -2.15. The van der Waals surface area contributed by atoms with Gasteiger partial charge in [-0.05, 0) is 30.5 Å². The molecule has 1 atom stereocenters. The van der Waals surface area contributed by atoms with Gasteiger partial charge in [0.2, 0.25) is 0 Å². The standard InChI is InChI=1S/C12H16ClNO3/c1-16-11-5-7(10(15)6-14)4-9(13)12(11)17-8-2-3-8/h4-5,8,10,15H,2-3,6,14H2,1H3. The van der Waals surface area contributed by atoms with Crippen LogP contribution in [-0.2, 0) is 0 Å². The number of aliphatic hydroxyl groups is 1. The van der Waals surface area contributed by atoms with Crippen molar-refractivity contribution >= 4 is 11.6 Å². The minimum Gasteiger partial charge on any atom is -0.493 e. The van der Waals surface area contributed by atoms with E-state index in [0.29, 0.717) is 22.1 Å². The average Bonchev–Trinajstić information content (AvgIpc) is 3.14. The third kappa shape index (κ3) is 2.83. The van der Waals surface area contributed by atoms with E-state index in [1.807, 2.05) is 0 Å². The topological polar surface area (TPSA) is 64.7 Å². The fourth-order valence-corrected chi connectivity index (χ4v) is 1.80. The van der Waals surface area contributed by atoms with Crippen LogP contribution in [0, 0.1) is 0 Å². The molecule has 0 aliphatic heterocycles. The maximum Gasteiger partial charge on any atom is 0.180 e. The van der Waals surface area contributed by atoms with Crippen molar-refractivity contribution in [3.8, 4) is 11.5 Å². The number of nitrogens with two attached hydrogens (primary N) is 1. The highest BCUT2D eigenvalue weighted by Crippen LogP contribution is 2.41. The first-order valence-corrected chi connectivity index (χ1v) is 5.95. The van der Waals surface area contributed by atoms with Crippen LogP contribution in [0.1, 0.15) is 24.5 Å². The molecule has 1 aromatic rings. The summed E-state index contributed by atoms with van der Waals surface area (Å²) in [6.07, 6.45) is 1.60. The van der Waals surface area contributed by atoms with Gasteiger partial charge in [0.25, 0.3) is 0 Å². The van der Waals surface area contributed by atoms with Crippen LogP contribution >= 0.6 is 11.6 Å². The van der Waals surface area contributed by atoms with Crippen LogP contribution in [-0.4, -0.2) is 24.9 Å². The van der Waals surface area contributed by atoms with Gasteiger partial charge in [0.05, 0.1) is 24.3 Å². The Labute approximate surface area is 105 Å². The summed E-state index contributed by atoms with van der Waals surface area (Å²) < 4.78 is 10.9. The maximum absolute atomic E-state index is 9.68. The third-order valence-electron chi connectivity index (χ3n) is 2.67. The number of hydrogen-bond acceptors (Lipinski definition) is 4. The first-order chi connectivity index (χ1) is 8.15. The molecular weight excluding hydrogens is 242 g/mol. The first kappa shape index (κ1) is 12.5. The molecule has 2 rings (SSSR count). The molecule has 94 valence electrons. The predicted molar refractivity (Wildman–Crippen MR) is 65.7 cm³/mol. The van der Waals surface area contributed by atoms with E-state index in [2.05, 4.69) is 0 Å². The van der Waals surface area contributed by atoms with Gasteiger partial charge in [-0.3, -0.25) is 0 Å². The Bertz CT molecular complexity index is 407. The lowest BCUT2D eigenvalue weighted by molar-refractivity contribution is 0.186. The number of hydrogen-bond donors (Lipinski definition) is 2. The normalized spacial score (nSPS) is 16.7. The monoisotopic (exact) mass is 257 g/mol. The van der Waals surface area contributed by atoms with Gasteiger partial charge in [0, 0.05) is 6.54 Å². The van der Waals surface area contributed by atoms with Crippen LogP contribution < -0.4 is 15.2 Å². The molecule has 5 heteroatoms. The second-order valence-corrected chi connectivity index (χ2v) is 4.51. The van der Waals surface area contributed by atoms with Crippen molar-refractivity contribution in [2.45, 2.75) is 25.0 Å². The fourth-order valence-electron chi connectivity index (χ4n) is 1.54. The number of aliphatic hydroxyl groups excluding tert-OH is 1. The largest absolute Gasteiger partial charge is 0.493 e. The van der Waals surface area contributed by atoms with Crippen LogP contribution in [0.15, 0.2) is 12.1 Å². The van der Waals surface area contributed by atoms with Crippen LogP contribution in [0.25, 0.3) is 0 Å². The van der Waals surface area contributed by atoms with Crippen LogP contribution in [0.3, 0.4) is 0 Å². The molecule has 0 bridgehead atoms. The molecule has 0 amide bonds. The van der Waals surface area contributed by atoms with E-state index in [1.54, 1.807) is 19.2 Å². The summed E-state index contributed by atoms with van der Waals surface area (Å²) in [7, 11) is 1.55. The van der Waals surface area contributed by atoms with Crippen molar-refractivity contribution in [2.24, 2.45) is 5.73 Å². The minimum atomic E-state index is -0.739. The van der Waals surface area contributed by atoms with Crippen molar-refractivity contribution in [2.75, 3.05) is 13.7 Å². The van der Waals surface area contributed by atoms with Gasteiger partial charge in [0.1, 0.15) is 0 Å². The molecule has 4 nitrogen and oxygen atoms in total.